The Morgan fingerprint density at radius 3 is 2.43 bits per heavy atom. The van der Waals surface area contributed by atoms with Crippen LogP contribution in [0.4, 0.5) is 16.2 Å². The monoisotopic (exact) mass is 413 g/mol. The molecular weight excluding hydrogens is 397 g/mol. The second-order valence-corrected chi connectivity index (χ2v) is 7.23. The third kappa shape index (κ3) is 4.37. The number of fused-ring (bicyclic) bond motifs is 1. The number of aromatic nitrogens is 2. The van der Waals surface area contributed by atoms with E-state index in [1.54, 1.807) is 18.2 Å². The minimum absolute atomic E-state index is 0.270. The number of rotatable bonds is 4. The highest BCUT2D eigenvalue weighted by atomic mass is 35.5. The molecule has 2 aromatic carbocycles. The van der Waals surface area contributed by atoms with Gasteiger partial charge in [0.15, 0.2) is 5.11 Å². The van der Waals surface area contributed by atoms with Crippen molar-refractivity contribution in [2.45, 2.75) is 19.6 Å². The lowest BCUT2D eigenvalue weighted by atomic mass is 10.1. The lowest BCUT2D eigenvalue weighted by Crippen LogP contribution is -2.29. The zero-order valence-electron chi connectivity index (χ0n) is 14.8. The van der Waals surface area contributed by atoms with Crippen molar-refractivity contribution >= 4 is 40.7 Å². The molecule has 0 aliphatic carbocycles. The van der Waals surface area contributed by atoms with E-state index in [9.17, 15) is 4.39 Å². The van der Waals surface area contributed by atoms with Crippen LogP contribution in [0.3, 0.4) is 0 Å². The predicted octanol–water partition coefficient (Wildman–Crippen LogP) is 4.28. The molecule has 0 bridgehead atoms. The summed E-state index contributed by atoms with van der Waals surface area (Å²) >= 11 is 11.5. The van der Waals surface area contributed by atoms with Gasteiger partial charge < -0.3 is 15.5 Å². The Kier molecular flexibility index (Phi) is 5.36. The lowest BCUT2D eigenvalue weighted by molar-refractivity contribution is 0.627. The van der Waals surface area contributed by atoms with Crippen molar-refractivity contribution < 1.29 is 4.39 Å². The van der Waals surface area contributed by atoms with E-state index in [1.807, 2.05) is 12.1 Å². The van der Waals surface area contributed by atoms with Gasteiger partial charge in [-0.1, -0.05) is 48.0 Å². The van der Waals surface area contributed by atoms with Gasteiger partial charge in [-0.2, -0.15) is 4.98 Å². The molecule has 0 spiro atoms. The summed E-state index contributed by atoms with van der Waals surface area (Å²) in [5, 5.41) is 6.71. The van der Waals surface area contributed by atoms with Crippen LogP contribution in [0.15, 0.2) is 54.6 Å². The Morgan fingerprint density at radius 2 is 1.75 bits per heavy atom. The van der Waals surface area contributed by atoms with Crippen molar-refractivity contribution in [3.8, 4) is 0 Å². The van der Waals surface area contributed by atoms with Gasteiger partial charge in [-0.05, 0) is 41.0 Å². The van der Waals surface area contributed by atoms with Crippen molar-refractivity contribution in [3.05, 3.63) is 82.3 Å². The van der Waals surface area contributed by atoms with Crippen LogP contribution in [0.1, 0.15) is 16.7 Å². The predicted molar refractivity (Wildman–Crippen MR) is 113 cm³/mol. The van der Waals surface area contributed by atoms with Crippen molar-refractivity contribution in [2.24, 2.45) is 0 Å². The Labute approximate surface area is 172 Å². The van der Waals surface area contributed by atoms with Crippen LogP contribution in [0, 0.1) is 5.82 Å². The number of benzene rings is 2. The van der Waals surface area contributed by atoms with Gasteiger partial charge in [0.2, 0.25) is 5.95 Å². The molecule has 142 valence electrons. The maximum absolute atomic E-state index is 13.0. The molecule has 5 nitrogen and oxygen atoms in total. The SMILES string of the molecule is Fc1ccc(CNC(=S)Nc2nc(Cl)cc(N3Cc4ccccc4C3)n2)cc1. The molecule has 1 aromatic heterocycles. The highest BCUT2D eigenvalue weighted by molar-refractivity contribution is 7.80. The third-order valence-corrected chi connectivity index (χ3v) is 4.88. The van der Waals surface area contributed by atoms with E-state index in [4.69, 9.17) is 23.8 Å². The molecule has 0 amide bonds. The quantitative estimate of drug-likeness (QED) is 0.492. The zero-order valence-corrected chi connectivity index (χ0v) is 16.4. The van der Waals surface area contributed by atoms with Crippen LogP contribution >= 0.6 is 23.8 Å². The summed E-state index contributed by atoms with van der Waals surface area (Å²) in [6.45, 7) is 2.01. The van der Waals surface area contributed by atoms with E-state index < -0.39 is 0 Å². The first-order valence-corrected chi connectivity index (χ1v) is 9.51. The second-order valence-electron chi connectivity index (χ2n) is 6.43. The first kappa shape index (κ1) is 18.6. The number of nitrogens with zero attached hydrogens (tertiary/aromatic N) is 3. The first-order chi connectivity index (χ1) is 13.6. The van der Waals surface area contributed by atoms with E-state index in [2.05, 4.69) is 37.6 Å². The van der Waals surface area contributed by atoms with Crippen LogP contribution in [-0.2, 0) is 19.6 Å². The molecule has 2 N–H and O–H groups in total. The zero-order chi connectivity index (χ0) is 19.5. The molecule has 0 saturated carbocycles. The van der Waals surface area contributed by atoms with Gasteiger partial charge in [0.25, 0.3) is 0 Å². The summed E-state index contributed by atoms with van der Waals surface area (Å²) in [6.07, 6.45) is 0. The van der Waals surface area contributed by atoms with Gasteiger partial charge in [-0.3, -0.25) is 0 Å². The largest absolute Gasteiger partial charge is 0.358 e. The highest BCUT2D eigenvalue weighted by Crippen LogP contribution is 2.28. The summed E-state index contributed by atoms with van der Waals surface area (Å²) in [5.41, 5.74) is 3.47. The van der Waals surface area contributed by atoms with E-state index in [-0.39, 0.29) is 5.82 Å². The van der Waals surface area contributed by atoms with Crippen molar-refractivity contribution in [1.29, 1.82) is 0 Å². The normalized spacial score (nSPS) is 12.6. The minimum atomic E-state index is -0.270. The number of hydrogen-bond acceptors (Lipinski definition) is 4. The molecule has 0 saturated heterocycles. The van der Waals surface area contributed by atoms with E-state index in [0.717, 1.165) is 24.5 Å². The van der Waals surface area contributed by atoms with Gasteiger partial charge in [-0.15, -0.1) is 0 Å². The topological polar surface area (TPSA) is 53.1 Å². The van der Waals surface area contributed by atoms with E-state index in [0.29, 0.717) is 22.8 Å². The minimum Gasteiger partial charge on any atom is -0.358 e. The molecular formula is C20H17ClFN5S. The molecule has 28 heavy (non-hydrogen) atoms. The van der Waals surface area contributed by atoms with Crippen molar-refractivity contribution in [3.63, 3.8) is 0 Å². The molecule has 8 heteroatoms. The van der Waals surface area contributed by atoms with Gasteiger partial charge in [0, 0.05) is 25.7 Å². The maximum atomic E-state index is 13.0. The Bertz CT molecular complexity index is 987. The Morgan fingerprint density at radius 1 is 1.07 bits per heavy atom. The van der Waals surface area contributed by atoms with Gasteiger partial charge >= 0.3 is 0 Å². The summed E-state index contributed by atoms with van der Waals surface area (Å²) < 4.78 is 13.0. The van der Waals surface area contributed by atoms with Crippen LogP contribution in [0.5, 0.6) is 0 Å². The average molecular weight is 414 g/mol. The fourth-order valence-electron chi connectivity index (χ4n) is 3.05. The standard InChI is InChI=1S/C20H17ClFN5S/c21-17-9-18(27-11-14-3-1-2-4-15(14)12-27)25-19(24-17)26-20(28)23-10-13-5-7-16(22)8-6-13/h1-9H,10-12H2,(H2,23,24,25,26,28). The average Bonchev–Trinajstić information content (AvgIpc) is 3.11. The van der Waals surface area contributed by atoms with Gasteiger partial charge in [0.05, 0.1) is 0 Å². The molecule has 0 unspecified atom stereocenters. The van der Waals surface area contributed by atoms with Crippen LogP contribution in [0.25, 0.3) is 0 Å². The summed E-state index contributed by atoms with van der Waals surface area (Å²) in [5.74, 6) is 0.795. The fourth-order valence-corrected chi connectivity index (χ4v) is 3.39. The van der Waals surface area contributed by atoms with Crippen LogP contribution in [0.2, 0.25) is 5.15 Å². The smallest absolute Gasteiger partial charge is 0.232 e. The molecule has 1 aliphatic rings. The van der Waals surface area contributed by atoms with Crippen LogP contribution in [-0.4, -0.2) is 15.1 Å². The van der Waals surface area contributed by atoms with Crippen molar-refractivity contribution in [2.75, 3.05) is 10.2 Å². The summed E-state index contributed by atoms with van der Waals surface area (Å²) in [6, 6.07) is 16.3. The maximum Gasteiger partial charge on any atom is 0.232 e. The highest BCUT2D eigenvalue weighted by Gasteiger charge is 2.20. The number of thiocarbonyl (C=S) groups is 1. The first-order valence-electron chi connectivity index (χ1n) is 8.72. The lowest BCUT2D eigenvalue weighted by Gasteiger charge is -2.18. The Hall–Kier alpha value is -2.77. The number of nitrogens with one attached hydrogen (secondary N) is 2. The molecule has 0 fully saturated rings. The third-order valence-electron chi connectivity index (χ3n) is 4.44. The molecule has 4 rings (SSSR count). The van der Waals surface area contributed by atoms with Crippen molar-refractivity contribution in [1.82, 2.24) is 15.3 Å². The summed E-state index contributed by atoms with van der Waals surface area (Å²) in [4.78, 5) is 10.9. The molecule has 3 aromatic rings. The van der Waals surface area contributed by atoms with Gasteiger partial charge in [0.1, 0.15) is 16.8 Å². The molecule has 0 atom stereocenters. The van der Waals surface area contributed by atoms with E-state index in [1.165, 1.54) is 23.3 Å². The second kappa shape index (κ2) is 8.08. The summed E-state index contributed by atoms with van der Waals surface area (Å²) in [7, 11) is 0. The van der Waals surface area contributed by atoms with Crippen LogP contribution < -0.4 is 15.5 Å². The molecule has 0 radical (unpaired) electrons. The number of hydrogen-bond donors (Lipinski definition) is 2. The van der Waals surface area contributed by atoms with E-state index >= 15 is 0 Å². The molecule has 2 heterocycles. The number of anilines is 2. The molecule has 1 aliphatic heterocycles. The van der Waals surface area contributed by atoms with Gasteiger partial charge in [-0.25, -0.2) is 9.37 Å². The fraction of sp³-hybridized carbons (Fsp3) is 0.150. The number of halogens is 2. The Balaban J connectivity index is 1.41.